The number of rotatable bonds is 4. The zero-order valence-corrected chi connectivity index (χ0v) is 21.2. The van der Waals surface area contributed by atoms with E-state index in [-0.39, 0.29) is 17.9 Å². The molecule has 1 aliphatic carbocycles. The summed E-state index contributed by atoms with van der Waals surface area (Å²) in [5, 5.41) is 0. The van der Waals surface area contributed by atoms with Gasteiger partial charge in [-0.2, -0.15) is 0 Å². The minimum Gasteiger partial charge on any atom is -0.491 e. The lowest BCUT2D eigenvalue weighted by atomic mass is 10.00. The lowest BCUT2D eigenvalue weighted by Crippen LogP contribution is -2.46. The third kappa shape index (κ3) is 7.09. The van der Waals surface area contributed by atoms with Crippen LogP contribution in [0.25, 0.3) is 0 Å². The lowest BCUT2D eigenvalue weighted by molar-refractivity contribution is -0.135. The number of carbonyl (C=O) groups excluding carboxylic acids is 2. The Bertz CT molecular complexity index is 955. The highest BCUT2D eigenvalue weighted by Crippen LogP contribution is 2.29. The summed E-state index contributed by atoms with van der Waals surface area (Å²) in [6.07, 6.45) is 10.3. The quantitative estimate of drug-likeness (QED) is 0.566. The molecule has 1 atom stereocenters. The molecule has 1 saturated carbocycles. The van der Waals surface area contributed by atoms with Crippen molar-refractivity contribution in [3.05, 3.63) is 65.7 Å². The van der Waals surface area contributed by atoms with Crippen molar-refractivity contribution < 1.29 is 14.3 Å². The minimum atomic E-state index is -0.0740. The summed E-state index contributed by atoms with van der Waals surface area (Å²) in [5.41, 5.74) is 1.79. The fourth-order valence-electron chi connectivity index (χ4n) is 5.48. The van der Waals surface area contributed by atoms with Gasteiger partial charge in [0.05, 0.1) is 11.6 Å². The topological polar surface area (TPSA) is 49.9 Å². The van der Waals surface area contributed by atoms with Crippen molar-refractivity contribution in [3.63, 3.8) is 0 Å². The first kappa shape index (κ1) is 25.3. The molecule has 0 unspecified atom stereocenters. The minimum absolute atomic E-state index is 0.00793. The molecule has 0 saturated heterocycles. The normalized spacial score (nSPS) is 20.7. The van der Waals surface area contributed by atoms with E-state index in [2.05, 4.69) is 17.0 Å². The second-order valence-electron chi connectivity index (χ2n) is 10.2. The van der Waals surface area contributed by atoms with Crippen molar-refractivity contribution in [2.24, 2.45) is 5.92 Å². The average Bonchev–Trinajstić information content (AvgIpc) is 3.39. The molecule has 2 aliphatic rings. The van der Waals surface area contributed by atoms with Crippen LogP contribution in [-0.2, 0) is 11.2 Å². The summed E-state index contributed by atoms with van der Waals surface area (Å²) in [7, 11) is 1.87. The van der Waals surface area contributed by atoms with Crippen LogP contribution in [0, 0.1) is 5.92 Å². The van der Waals surface area contributed by atoms with Gasteiger partial charge in [0.25, 0.3) is 5.91 Å². The first-order valence-electron chi connectivity index (χ1n) is 13.4. The molecule has 0 aromatic heterocycles. The highest BCUT2D eigenvalue weighted by molar-refractivity contribution is 5.96. The number of nitrogens with zero attached hydrogens (tertiary/aromatic N) is 2. The van der Waals surface area contributed by atoms with E-state index >= 15 is 0 Å². The van der Waals surface area contributed by atoms with Gasteiger partial charge in [0.1, 0.15) is 12.4 Å². The predicted octanol–water partition coefficient (Wildman–Crippen LogP) is 5.73. The molecule has 5 heteroatoms. The monoisotopic (exact) mass is 476 g/mol. The molecule has 188 valence electrons. The molecular formula is C30H40N2O3. The van der Waals surface area contributed by atoms with Crippen LogP contribution < -0.4 is 4.74 Å². The molecule has 2 aromatic carbocycles. The van der Waals surface area contributed by atoms with Crippen LogP contribution in [0.4, 0.5) is 0 Å². The van der Waals surface area contributed by atoms with Crippen molar-refractivity contribution >= 4 is 11.8 Å². The standard InChI is InChI=1S/C30H40N2O3/c1-31-19-11-2-3-12-20-32(29(33)22-25-15-7-8-16-25)26(21-24-13-5-4-6-14-24)23-35-28-18-10-9-17-27(28)30(31)34/h4-6,9-10,13-14,17-18,25-26H,2-3,7-8,11-12,15-16,19-23H2,1H3/t26-/m0/s1. The number of fused-ring (bicyclic) bond motifs is 1. The van der Waals surface area contributed by atoms with E-state index in [1.165, 1.54) is 31.2 Å². The Hall–Kier alpha value is -2.82. The maximum Gasteiger partial charge on any atom is 0.257 e. The van der Waals surface area contributed by atoms with Gasteiger partial charge >= 0.3 is 0 Å². The summed E-state index contributed by atoms with van der Waals surface area (Å²) >= 11 is 0. The molecule has 2 aromatic rings. The van der Waals surface area contributed by atoms with Crippen molar-refractivity contribution in [3.8, 4) is 5.75 Å². The Morgan fingerprint density at radius 1 is 0.886 bits per heavy atom. The van der Waals surface area contributed by atoms with Gasteiger partial charge in [-0.05, 0) is 55.7 Å². The largest absolute Gasteiger partial charge is 0.491 e. The van der Waals surface area contributed by atoms with E-state index in [0.29, 0.717) is 30.3 Å². The van der Waals surface area contributed by atoms with Crippen LogP contribution in [-0.4, -0.2) is 54.4 Å². The Balaban J connectivity index is 1.60. The maximum absolute atomic E-state index is 13.6. The van der Waals surface area contributed by atoms with Gasteiger partial charge in [-0.3, -0.25) is 9.59 Å². The number of amides is 2. The second kappa shape index (κ2) is 12.8. The van der Waals surface area contributed by atoms with E-state index < -0.39 is 0 Å². The van der Waals surface area contributed by atoms with Crippen molar-refractivity contribution in [2.45, 2.75) is 70.3 Å². The molecule has 1 fully saturated rings. The Labute approximate surface area is 210 Å². The van der Waals surface area contributed by atoms with Gasteiger partial charge < -0.3 is 14.5 Å². The van der Waals surface area contributed by atoms with Gasteiger partial charge in [0.15, 0.2) is 0 Å². The summed E-state index contributed by atoms with van der Waals surface area (Å²) < 4.78 is 6.35. The fraction of sp³-hybridized carbons (Fsp3) is 0.533. The molecule has 0 bridgehead atoms. The fourth-order valence-corrected chi connectivity index (χ4v) is 5.48. The van der Waals surface area contributed by atoms with Crippen molar-refractivity contribution in [1.82, 2.24) is 9.80 Å². The van der Waals surface area contributed by atoms with E-state index in [1.54, 1.807) is 4.90 Å². The van der Waals surface area contributed by atoms with Gasteiger partial charge in [-0.15, -0.1) is 0 Å². The van der Waals surface area contributed by atoms with Crippen molar-refractivity contribution in [2.75, 3.05) is 26.7 Å². The average molecular weight is 477 g/mol. The number of hydrogen-bond acceptors (Lipinski definition) is 3. The van der Waals surface area contributed by atoms with E-state index in [1.807, 2.05) is 49.5 Å². The Morgan fingerprint density at radius 3 is 2.34 bits per heavy atom. The predicted molar refractivity (Wildman–Crippen MR) is 140 cm³/mol. The molecule has 1 heterocycles. The first-order chi connectivity index (χ1) is 17.1. The zero-order valence-electron chi connectivity index (χ0n) is 21.2. The van der Waals surface area contributed by atoms with Crippen LogP contribution in [0.3, 0.4) is 0 Å². The summed E-state index contributed by atoms with van der Waals surface area (Å²) in [6.45, 7) is 1.87. The number of ether oxygens (including phenoxy) is 1. The zero-order chi connectivity index (χ0) is 24.5. The molecule has 1 aliphatic heterocycles. The SMILES string of the molecule is CN1CCCCCCN(C(=O)CC2CCCC2)[C@@H](Cc2ccccc2)COc2ccccc2C1=O. The molecule has 4 rings (SSSR count). The summed E-state index contributed by atoms with van der Waals surface area (Å²) in [5.74, 6) is 1.37. The number of para-hydroxylation sites is 1. The molecule has 2 amide bonds. The molecule has 0 N–H and O–H groups in total. The third-order valence-electron chi connectivity index (χ3n) is 7.55. The van der Waals surface area contributed by atoms with E-state index in [9.17, 15) is 9.59 Å². The second-order valence-corrected chi connectivity index (χ2v) is 10.2. The van der Waals surface area contributed by atoms with Crippen LogP contribution in [0.1, 0.15) is 73.7 Å². The van der Waals surface area contributed by atoms with Gasteiger partial charge in [0, 0.05) is 26.6 Å². The van der Waals surface area contributed by atoms with Crippen molar-refractivity contribution in [1.29, 1.82) is 0 Å². The maximum atomic E-state index is 13.6. The molecule has 0 radical (unpaired) electrons. The first-order valence-corrected chi connectivity index (χ1v) is 13.4. The van der Waals surface area contributed by atoms with Gasteiger partial charge in [0.2, 0.25) is 5.91 Å². The van der Waals surface area contributed by atoms with Crippen LogP contribution >= 0.6 is 0 Å². The summed E-state index contributed by atoms with van der Waals surface area (Å²) in [6, 6.07) is 17.8. The molecular weight excluding hydrogens is 436 g/mol. The van der Waals surface area contributed by atoms with Crippen LogP contribution in [0.15, 0.2) is 54.6 Å². The lowest BCUT2D eigenvalue weighted by Gasteiger charge is -2.33. The summed E-state index contributed by atoms with van der Waals surface area (Å²) in [4.78, 5) is 30.7. The Kier molecular flexibility index (Phi) is 9.21. The number of hydrogen-bond donors (Lipinski definition) is 0. The van der Waals surface area contributed by atoms with Gasteiger partial charge in [-0.1, -0.05) is 68.1 Å². The highest BCUT2D eigenvalue weighted by Gasteiger charge is 2.28. The van der Waals surface area contributed by atoms with E-state index in [4.69, 9.17) is 4.74 Å². The van der Waals surface area contributed by atoms with Crippen LogP contribution in [0.5, 0.6) is 5.75 Å². The smallest absolute Gasteiger partial charge is 0.257 e. The molecule has 0 spiro atoms. The van der Waals surface area contributed by atoms with Gasteiger partial charge in [-0.25, -0.2) is 0 Å². The van der Waals surface area contributed by atoms with E-state index in [0.717, 1.165) is 45.2 Å². The highest BCUT2D eigenvalue weighted by atomic mass is 16.5. The molecule has 5 nitrogen and oxygen atoms in total. The number of carbonyl (C=O) groups is 2. The van der Waals surface area contributed by atoms with Crippen LogP contribution in [0.2, 0.25) is 0 Å². The Morgan fingerprint density at radius 2 is 1.57 bits per heavy atom. The third-order valence-corrected chi connectivity index (χ3v) is 7.55. The number of benzene rings is 2. The molecule has 35 heavy (non-hydrogen) atoms.